The van der Waals surface area contributed by atoms with Gasteiger partial charge >= 0.3 is 0 Å². The lowest BCUT2D eigenvalue weighted by Crippen LogP contribution is -2.24. The number of carbonyl (C=O) groups is 1. The first kappa shape index (κ1) is 22.0. The number of aryl methyl sites for hydroxylation is 1. The third kappa shape index (κ3) is 5.01. The van der Waals surface area contributed by atoms with Crippen molar-refractivity contribution in [3.63, 3.8) is 0 Å². The molecule has 8 heteroatoms. The molecule has 4 rings (SSSR count). The number of rotatable bonds is 7. The van der Waals surface area contributed by atoms with Crippen LogP contribution >= 0.6 is 23.1 Å². The molecule has 0 bridgehead atoms. The van der Waals surface area contributed by atoms with Gasteiger partial charge < -0.3 is 4.74 Å². The lowest BCUT2D eigenvalue weighted by molar-refractivity contribution is -0.115. The summed E-state index contributed by atoms with van der Waals surface area (Å²) in [4.78, 5) is 17.7. The van der Waals surface area contributed by atoms with Crippen molar-refractivity contribution in [2.24, 2.45) is 0 Å². The summed E-state index contributed by atoms with van der Waals surface area (Å²) >= 11 is 2.99. The van der Waals surface area contributed by atoms with E-state index in [1.807, 2.05) is 31.2 Å². The molecule has 1 N–H and O–H groups in total. The van der Waals surface area contributed by atoms with Crippen LogP contribution in [0.2, 0.25) is 0 Å². The predicted octanol–water partition coefficient (Wildman–Crippen LogP) is 5.96. The molecule has 0 radical (unpaired) electrons. The van der Waals surface area contributed by atoms with Crippen molar-refractivity contribution in [1.29, 1.82) is 0 Å². The minimum Gasteiger partial charge on any atom is -0.494 e. The van der Waals surface area contributed by atoms with Crippen molar-refractivity contribution in [1.82, 2.24) is 15.2 Å². The molecular formula is C23H28N4O2S2. The molecular weight excluding hydrogens is 428 g/mol. The van der Waals surface area contributed by atoms with E-state index >= 15 is 0 Å². The van der Waals surface area contributed by atoms with E-state index in [4.69, 9.17) is 9.72 Å². The van der Waals surface area contributed by atoms with Crippen molar-refractivity contribution >= 4 is 45.0 Å². The molecule has 31 heavy (non-hydrogen) atoms. The fourth-order valence-electron chi connectivity index (χ4n) is 4.04. The molecule has 0 saturated heterocycles. The van der Waals surface area contributed by atoms with Crippen LogP contribution in [-0.2, 0) is 4.79 Å². The van der Waals surface area contributed by atoms with Gasteiger partial charge in [-0.2, -0.15) is 0 Å². The van der Waals surface area contributed by atoms with Gasteiger partial charge in [-0.25, -0.2) is 4.98 Å². The van der Waals surface area contributed by atoms with Crippen LogP contribution in [0.4, 0.5) is 5.13 Å². The molecule has 1 aliphatic carbocycles. The molecule has 0 spiro atoms. The molecule has 2 heterocycles. The zero-order valence-electron chi connectivity index (χ0n) is 18.2. The Morgan fingerprint density at radius 2 is 2.10 bits per heavy atom. The molecule has 1 atom stereocenters. The van der Waals surface area contributed by atoms with Gasteiger partial charge in [-0.3, -0.25) is 10.1 Å². The Kier molecular flexibility index (Phi) is 7.07. The smallest absolute Gasteiger partial charge is 0.239 e. The normalized spacial score (nSPS) is 15.7. The number of para-hydroxylation sites is 1. The van der Waals surface area contributed by atoms with Crippen molar-refractivity contribution in [3.05, 3.63) is 34.8 Å². The van der Waals surface area contributed by atoms with Crippen molar-refractivity contribution in [2.75, 3.05) is 12.4 Å². The molecule has 6 nitrogen and oxygen atoms in total. The van der Waals surface area contributed by atoms with E-state index in [1.165, 1.54) is 55.2 Å². The highest BCUT2D eigenvalue weighted by Crippen LogP contribution is 2.36. The Morgan fingerprint density at radius 3 is 2.84 bits per heavy atom. The van der Waals surface area contributed by atoms with Gasteiger partial charge in [0.2, 0.25) is 11.0 Å². The van der Waals surface area contributed by atoms with Gasteiger partial charge in [0.1, 0.15) is 16.3 Å². The first-order valence-corrected chi connectivity index (χ1v) is 12.5. The molecule has 1 fully saturated rings. The third-order valence-corrected chi connectivity index (χ3v) is 8.04. The Balaban J connectivity index is 1.48. The number of methoxy groups -OCH3 is 1. The number of pyridine rings is 1. The number of benzene rings is 1. The number of thioether (sulfide) groups is 1. The van der Waals surface area contributed by atoms with Crippen LogP contribution in [0.25, 0.3) is 10.9 Å². The van der Waals surface area contributed by atoms with Gasteiger partial charge in [0.05, 0.1) is 17.4 Å². The number of carbonyl (C=O) groups excluding carboxylic acids is 1. The number of fused-ring (bicyclic) bond motifs is 1. The molecule has 164 valence electrons. The topological polar surface area (TPSA) is 77.0 Å². The second-order valence-corrected chi connectivity index (χ2v) is 10.2. The standard InChI is InChI=1S/C23H28N4O2S2/c1-4-18(21(28)25-23-27-26-22(31-23)15-9-6-5-7-10-15)30-19-13-14(2)16-11-8-12-17(29-3)20(16)24-19/h8,11-13,15,18H,4-7,9-10H2,1-3H3,(H,25,27,28). The summed E-state index contributed by atoms with van der Waals surface area (Å²) in [5.41, 5.74) is 1.94. The predicted molar refractivity (Wildman–Crippen MR) is 127 cm³/mol. The number of anilines is 1. The Bertz CT molecular complexity index is 1060. The number of ether oxygens (including phenoxy) is 1. The first-order chi connectivity index (χ1) is 15.1. The van der Waals surface area contributed by atoms with E-state index in [1.54, 1.807) is 7.11 Å². The molecule has 1 unspecified atom stereocenters. The maximum absolute atomic E-state index is 13.0. The van der Waals surface area contributed by atoms with E-state index in [-0.39, 0.29) is 11.2 Å². The minimum atomic E-state index is -0.263. The van der Waals surface area contributed by atoms with Gasteiger partial charge in [0.25, 0.3) is 0 Å². The molecule has 0 aliphatic heterocycles. The maximum Gasteiger partial charge on any atom is 0.239 e. The van der Waals surface area contributed by atoms with Gasteiger partial charge in [0.15, 0.2) is 0 Å². The van der Waals surface area contributed by atoms with Gasteiger partial charge in [-0.15, -0.1) is 10.2 Å². The Morgan fingerprint density at radius 1 is 1.29 bits per heavy atom. The molecule has 3 aromatic rings. The number of hydrogen-bond donors (Lipinski definition) is 1. The highest BCUT2D eigenvalue weighted by atomic mass is 32.2. The van der Waals surface area contributed by atoms with Crippen LogP contribution in [0.1, 0.15) is 61.9 Å². The van der Waals surface area contributed by atoms with Crippen LogP contribution in [0.15, 0.2) is 29.3 Å². The highest BCUT2D eigenvalue weighted by molar-refractivity contribution is 8.00. The summed E-state index contributed by atoms with van der Waals surface area (Å²) < 4.78 is 5.48. The van der Waals surface area contributed by atoms with Gasteiger partial charge in [-0.1, -0.05) is 61.4 Å². The van der Waals surface area contributed by atoms with Crippen LogP contribution in [0, 0.1) is 6.92 Å². The molecule has 2 aromatic heterocycles. The number of aromatic nitrogens is 3. The monoisotopic (exact) mass is 456 g/mol. The lowest BCUT2D eigenvalue weighted by Gasteiger charge is -2.18. The van der Waals surface area contributed by atoms with Crippen molar-refractivity contribution in [3.8, 4) is 5.75 Å². The first-order valence-electron chi connectivity index (χ1n) is 10.8. The Labute approximate surface area is 191 Å². The maximum atomic E-state index is 13.0. The minimum absolute atomic E-state index is 0.0570. The summed E-state index contributed by atoms with van der Waals surface area (Å²) in [6.07, 6.45) is 6.85. The van der Waals surface area contributed by atoms with E-state index < -0.39 is 0 Å². The SMILES string of the molecule is CCC(Sc1cc(C)c2cccc(OC)c2n1)C(=O)Nc1nnc(C2CCCCC2)s1. The largest absolute Gasteiger partial charge is 0.494 e. The van der Waals surface area contributed by atoms with Crippen molar-refractivity contribution < 1.29 is 9.53 Å². The Hall–Kier alpha value is -2.19. The number of nitrogens with zero attached hydrogens (tertiary/aromatic N) is 3. The number of amides is 1. The van der Waals surface area contributed by atoms with E-state index in [9.17, 15) is 4.79 Å². The zero-order valence-corrected chi connectivity index (χ0v) is 19.8. The second-order valence-electron chi connectivity index (χ2n) is 7.92. The fourth-order valence-corrected chi connectivity index (χ4v) is 5.97. The van der Waals surface area contributed by atoms with Crippen LogP contribution in [0.5, 0.6) is 5.75 Å². The molecule has 1 aliphatic rings. The van der Waals surface area contributed by atoms with E-state index in [0.29, 0.717) is 17.5 Å². The molecule has 1 saturated carbocycles. The van der Waals surface area contributed by atoms with Gasteiger partial charge in [-0.05, 0) is 43.9 Å². The van der Waals surface area contributed by atoms with E-state index in [2.05, 4.69) is 22.4 Å². The van der Waals surface area contributed by atoms with Crippen LogP contribution < -0.4 is 10.1 Å². The molecule has 1 aromatic carbocycles. The summed E-state index contributed by atoms with van der Waals surface area (Å²) in [6, 6.07) is 7.95. The summed E-state index contributed by atoms with van der Waals surface area (Å²) in [5.74, 6) is 1.18. The fraction of sp³-hybridized carbons (Fsp3) is 0.478. The number of hydrogen-bond acceptors (Lipinski definition) is 7. The van der Waals surface area contributed by atoms with Gasteiger partial charge in [0, 0.05) is 11.3 Å². The lowest BCUT2D eigenvalue weighted by atomic mass is 9.90. The summed E-state index contributed by atoms with van der Waals surface area (Å²) in [6.45, 7) is 4.07. The third-order valence-electron chi connectivity index (χ3n) is 5.76. The van der Waals surface area contributed by atoms with Crippen LogP contribution in [-0.4, -0.2) is 33.4 Å². The zero-order chi connectivity index (χ0) is 21.8. The quantitative estimate of drug-likeness (QED) is 0.442. The van der Waals surface area contributed by atoms with Crippen molar-refractivity contribution in [2.45, 2.75) is 68.6 Å². The summed E-state index contributed by atoms with van der Waals surface area (Å²) in [7, 11) is 1.65. The molecule has 1 amide bonds. The average Bonchev–Trinajstić information content (AvgIpc) is 3.26. The number of nitrogens with one attached hydrogen (secondary N) is 1. The highest BCUT2D eigenvalue weighted by Gasteiger charge is 2.23. The van der Waals surface area contributed by atoms with Crippen LogP contribution in [0.3, 0.4) is 0 Å². The second kappa shape index (κ2) is 9.96. The van der Waals surface area contributed by atoms with E-state index in [0.717, 1.165) is 32.2 Å². The summed E-state index contributed by atoms with van der Waals surface area (Å²) in [5, 5.41) is 14.8. The average molecular weight is 457 g/mol.